The van der Waals surface area contributed by atoms with Gasteiger partial charge < -0.3 is 10.6 Å². The van der Waals surface area contributed by atoms with Gasteiger partial charge in [-0.25, -0.2) is 9.18 Å². The molecule has 2 heterocycles. The maximum atomic E-state index is 12.9. The van der Waals surface area contributed by atoms with Crippen LogP contribution in [0.25, 0.3) is 5.69 Å². The molecule has 4 amide bonds. The SMILES string of the molecule is C[C@]1(CNC(=O)c2cnn(-c3ccc(F)cc3)n2)NC(=O)NC1=O. The smallest absolute Gasteiger partial charge is 0.322 e. The minimum atomic E-state index is -1.22. The van der Waals surface area contributed by atoms with Crippen molar-refractivity contribution in [1.29, 1.82) is 0 Å². The van der Waals surface area contributed by atoms with E-state index in [0.29, 0.717) is 5.69 Å². The fraction of sp³-hybridized carbons (Fsp3) is 0.214. The third-order valence-corrected chi connectivity index (χ3v) is 3.50. The Hall–Kier alpha value is -3.30. The van der Waals surface area contributed by atoms with Gasteiger partial charge in [0.25, 0.3) is 11.8 Å². The predicted molar refractivity (Wildman–Crippen MR) is 78.7 cm³/mol. The van der Waals surface area contributed by atoms with E-state index in [9.17, 15) is 18.8 Å². The van der Waals surface area contributed by atoms with Crippen LogP contribution in [-0.2, 0) is 4.79 Å². The summed E-state index contributed by atoms with van der Waals surface area (Å²) in [5, 5.41) is 15.0. The Balaban J connectivity index is 1.67. The van der Waals surface area contributed by atoms with E-state index in [4.69, 9.17) is 0 Å². The molecule has 1 aromatic heterocycles. The second-order valence-corrected chi connectivity index (χ2v) is 5.42. The first kappa shape index (κ1) is 15.6. The summed E-state index contributed by atoms with van der Waals surface area (Å²) in [6.45, 7) is 1.38. The van der Waals surface area contributed by atoms with Crippen molar-refractivity contribution in [3.8, 4) is 5.69 Å². The first-order valence-electron chi connectivity index (χ1n) is 6.97. The lowest BCUT2D eigenvalue weighted by Gasteiger charge is -2.20. The highest BCUT2D eigenvalue weighted by atomic mass is 19.1. The predicted octanol–water partition coefficient (Wildman–Crippen LogP) is -0.266. The molecule has 1 aliphatic heterocycles. The van der Waals surface area contributed by atoms with Crippen molar-refractivity contribution in [3.63, 3.8) is 0 Å². The Bertz CT molecular complexity index is 818. The highest BCUT2D eigenvalue weighted by Crippen LogP contribution is 2.09. The highest BCUT2D eigenvalue weighted by molar-refractivity contribution is 6.07. The van der Waals surface area contributed by atoms with E-state index >= 15 is 0 Å². The van der Waals surface area contributed by atoms with Crippen LogP contribution in [0, 0.1) is 5.82 Å². The van der Waals surface area contributed by atoms with Crippen LogP contribution >= 0.6 is 0 Å². The summed E-state index contributed by atoms with van der Waals surface area (Å²) in [4.78, 5) is 36.1. The summed E-state index contributed by atoms with van der Waals surface area (Å²) in [7, 11) is 0. The van der Waals surface area contributed by atoms with Crippen LogP contribution in [0.15, 0.2) is 30.5 Å². The third-order valence-electron chi connectivity index (χ3n) is 3.50. The zero-order chi connectivity index (χ0) is 17.3. The Morgan fingerprint density at radius 3 is 2.67 bits per heavy atom. The summed E-state index contributed by atoms with van der Waals surface area (Å²) >= 11 is 0. The largest absolute Gasteiger partial charge is 0.348 e. The first-order valence-corrected chi connectivity index (χ1v) is 6.97. The van der Waals surface area contributed by atoms with Gasteiger partial charge in [0, 0.05) is 6.54 Å². The number of halogens is 1. The van der Waals surface area contributed by atoms with Crippen molar-refractivity contribution in [2.75, 3.05) is 6.54 Å². The van der Waals surface area contributed by atoms with Gasteiger partial charge in [0.15, 0.2) is 5.69 Å². The first-order chi connectivity index (χ1) is 11.4. The molecule has 1 aromatic carbocycles. The molecular weight excluding hydrogens is 319 g/mol. The number of imide groups is 1. The van der Waals surface area contributed by atoms with Gasteiger partial charge in [-0.05, 0) is 31.2 Å². The standard InChI is InChI=1S/C14H13FN6O3/c1-14(12(23)18-13(24)19-14)7-16-11(22)10-6-17-21(20-10)9-4-2-8(15)3-5-9/h2-6H,7H2,1H3,(H,16,22)(H2,18,19,23,24)/t14-/m1/s1. The van der Waals surface area contributed by atoms with Crippen molar-refractivity contribution in [2.45, 2.75) is 12.5 Å². The van der Waals surface area contributed by atoms with E-state index < -0.39 is 29.2 Å². The molecule has 0 spiro atoms. The molecule has 0 saturated carbocycles. The molecule has 1 atom stereocenters. The lowest BCUT2D eigenvalue weighted by Crippen LogP contribution is -2.52. The molecule has 0 unspecified atom stereocenters. The number of amides is 4. The van der Waals surface area contributed by atoms with Crippen molar-refractivity contribution < 1.29 is 18.8 Å². The van der Waals surface area contributed by atoms with Crippen molar-refractivity contribution in [2.24, 2.45) is 0 Å². The van der Waals surface area contributed by atoms with E-state index in [-0.39, 0.29) is 12.2 Å². The fourth-order valence-corrected chi connectivity index (χ4v) is 2.12. The van der Waals surface area contributed by atoms with Crippen LogP contribution in [0.3, 0.4) is 0 Å². The van der Waals surface area contributed by atoms with Gasteiger partial charge >= 0.3 is 6.03 Å². The van der Waals surface area contributed by atoms with E-state index in [1.807, 2.05) is 0 Å². The van der Waals surface area contributed by atoms with E-state index in [2.05, 4.69) is 26.1 Å². The zero-order valence-electron chi connectivity index (χ0n) is 12.5. The van der Waals surface area contributed by atoms with Crippen LogP contribution in [0.5, 0.6) is 0 Å². The Morgan fingerprint density at radius 1 is 1.33 bits per heavy atom. The minimum Gasteiger partial charge on any atom is -0.348 e. The molecule has 0 aliphatic carbocycles. The van der Waals surface area contributed by atoms with Gasteiger partial charge in [0.2, 0.25) is 0 Å². The lowest BCUT2D eigenvalue weighted by molar-refractivity contribution is -0.123. The quantitative estimate of drug-likeness (QED) is 0.666. The number of aromatic nitrogens is 3. The van der Waals surface area contributed by atoms with Crippen LogP contribution in [0.1, 0.15) is 17.4 Å². The second kappa shape index (κ2) is 5.72. The molecule has 0 bridgehead atoms. The molecule has 3 N–H and O–H groups in total. The number of carbonyl (C=O) groups is 3. The summed E-state index contributed by atoms with van der Waals surface area (Å²) in [6, 6.07) is 4.83. The average molecular weight is 332 g/mol. The molecule has 0 radical (unpaired) electrons. The molecule has 3 rings (SSSR count). The van der Waals surface area contributed by atoms with Gasteiger partial charge in [-0.15, -0.1) is 5.10 Å². The summed E-state index contributed by atoms with van der Waals surface area (Å²) in [6.07, 6.45) is 1.24. The molecule has 124 valence electrons. The highest BCUT2D eigenvalue weighted by Gasteiger charge is 2.42. The van der Waals surface area contributed by atoms with Crippen LogP contribution in [-0.4, -0.2) is 44.9 Å². The number of hydrogen-bond donors (Lipinski definition) is 3. The molecule has 24 heavy (non-hydrogen) atoms. The van der Waals surface area contributed by atoms with Crippen LogP contribution < -0.4 is 16.0 Å². The lowest BCUT2D eigenvalue weighted by atomic mass is 10.0. The number of hydrogen-bond acceptors (Lipinski definition) is 5. The van der Waals surface area contributed by atoms with E-state index in [1.165, 1.54) is 42.2 Å². The second-order valence-electron chi connectivity index (χ2n) is 5.42. The molecule has 2 aromatic rings. The Kier molecular flexibility index (Phi) is 3.72. The van der Waals surface area contributed by atoms with Gasteiger partial charge in [-0.2, -0.15) is 9.90 Å². The fourth-order valence-electron chi connectivity index (χ4n) is 2.12. The van der Waals surface area contributed by atoms with Gasteiger partial charge in [-0.3, -0.25) is 14.9 Å². The van der Waals surface area contributed by atoms with Gasteiger partial charge in [0.1, 0.15) is 11.4 Å². The Morgan fingerprint density at radius 2 is 2.04 bits per heavy atom. The van der Waals surface area contributed by atoms with Gasteiger partial charge in [-0.1, -0.05) is 0 Å². The number of benzene rings is 1. The molecule has 1 fully saturated rings. The minimum absolute atomic E-state index is 0.0210. The summed E-state index contributed by atoms with van der Waals surface area (Å²) in [5.74, 6) is -1.48. The number of urea groups is 1. The van der Waals surface area contributed by atoms with Crippen LogP contribution in [0.4, 0.5) is 9.18 Å². The maximum Gasteiger partial charge on any atom is 0.322 e. The zero-order valence-corrected chi connectivity index (χ0v) is 12.5. The maximum absolute atomic E-state index is 12.9. The molecule has 9 nitrogen and oxygen atoms in total. The number of nitrogens with zero attached hydrogens (tertiary/aromatic N) is 3. The van der Waals surface area contributed by atoms with Crippen molar-refractivity contribution in [1.82, 2.24) is 30.9 Å². The summed E-state index contributed by atoms with van der Waals surface area (Å²) in [5.41, 5.74) is -0.711. The molecule has 1 aliphatic rings. The normalized spacial score (nSPS) is 19.8. The summed E-state index contributed by atoms with van der Waals surface area (Å²) < 4.78 is 12.9. The topological polar surface area (TPSA) is 118 Å². The van der Waals surface area contributed by atoms with E-state index in [1.54, 1.807) is 0 Å². The van der Waals surface area contributed by atoms with Crippen molar-refractivity contribution >= 4 is 17.8 Å². The molecule has 10 heteroatoms. The van der Waals surface area contributed by atoms with E-state index in [0.717, 1.165) is 0 Å². The average Bonchev–Trinajstić information content (AvgIpc) is 3.11. The van der Waals surface area contributed by atoms with Gasteiger partial charge in [0.05, 0.1) is 11.9 Å². The number of carbonyl (C=O) groups excluding carboxylic acids is 3. The Labute approximate surface area is 135 Å². The van der Waals surface area contributed by atoms with Crippen LogP contribution in [0.2, 0.25) is 0 Å². The molecule has 1 saturated heterocycles. The third kappa shape index (κ3) is 2.93. The monoisotopic (exact) mass is 332 g/mol. The molecular formula is C14H13FN6O3. The van der Waals surface area contributed by atoms with Crippen molar-refractivity contribution in [3.05, 3.63) is 42.0 Å². The number of nitrogens with one attached hydrogen (secondary N) is 3. The number of rotatable bonds is 4.